The number of benzene rings is 1. The van der Waals surface area contributed by atoms with E-state index in [2.05, 4.69) is 28.9 Å². The molecule has 0 saturated carbocycles. The van der Waals surface area contributed by atoms with Crippen molar-refractivity contribution < 1.29 is 5.11 Å². The fourth-order valence-corrected chi connectivity index (χ4v) is 3.40. The average molecular weight is 271 g/mol. The molecular weight excluding hydrogens is 260 g/mol. The van der Waals surface area contributed by atoms with E-state index in [1.807, 2.05) is 12.1 Å². The number of aliphatic hydroxyl groups is 1. The third kappa shape index (κ3) is 1.49. The van der Waals surface area contributed by atoms with E-state index >= 15 is 0 Å². The molecule has 3 heteroatoms. The number of fused-ring (bicyclic) bond motifs is 1. The highest BCUT2D eigenvalue weighted by atomic mass is 79.9. The van der Waals surface area contributed by atoms with Gasteiger partial charge in [-0.15, -0.1) is 11.3 Å². The summed E-state index contributed by atoms with van der Waals surface area (Å²) in [4.78, 5) is 1.26. The molecule has 0 spiro atoms. The maximum absolute atomic E-state index is 9.61. The molecule has 1 N–H and O–H groups in total. The van der Waals surface area contributed by atoms with Crippen LogP contribution in [0.1, 0.15) is 23.5 Å². The first-order chi connectivity index (χ1) is 6.61. The molecule has 1 aromatic heterocycles. The van der Waals surface area contributed by atoms with Crippen molar-refractivity contribution in [3.63, 3.8) is 0 Å². The molecule has 1 atom stereocenters. The van der Waals surface area contributed by atoms with E-state index < -0.39 is 6.10 Å². The van der Waals surface area contributed by atoms with Gasteiger partial charge in [0.1, 0.15) is 0 Å². The summed E-state index contributed by atoms with van der Waals surface area (Å²) in [6.45, 7) is 3.89. The molecular formula is C11H11BrOS. The molecule has 0 aliphatic rings. The van der Waals surface area contributed by atoms with E-state index in [0.717, 1.165) is 10.0 Å². The molecule has 0 aliphatic carbocycles. The van der Waals surface area contributed by atoms with Gasteiger partial charge in [0, 0.05) is 19.4 Å². The Labute approximate surface area is 95.5 Å². The minimum atomic E-state index is -0.399. The van der Waals surface area contributed by atoms with E-state index in [9.17, 15) is 5.11 Å². The Morgan fingerprint density at radius 2 is 2.14 bits per heavy atom. The van der Waals surface area contributed by atoms with Crippen molar-refractivity contribution in [2.45, 2.75) is 20.0 Å². The van der Waals surface area contributed by atoms with Crippen molar-refractivity contribution in [3.8, 4) is 0 Å². The first kappa shape index (κ1) is 10.1. The van der Waals surface area contributed by atoms with Gasteiger partial charge in [0.15, 0.2) is 0 Å². The number of hydrogen-bond acceptors (Lipinski definition) is 2. The van der Waals surface area contributed by atoms with Gasteiger partial charge in [-0.05, 0) is 35.3 Å². The predicted octanol–water partition coefficient (Wildman–Crippen LogP) is 4.03. The van der Waals surface area contributed by atoms with Crippen LogP contribution in [-0.2, 0) is 0 Å². The van der Waals surface area contributed by atoms with Gasteiger partial charge < -0.3 is 5.11 Å². The zero-order valence-electron chi connectivity index (χ0n) is 8.04. The first-order valence-corrected chi connectivity index (χ1v) is 6.07. The standard InChI is InChI=1S/C11H11BrOS/c1-6(13)8-4-3-5-9-10(12)7(2)14-11(8)9/h3-6,13H,1-2H3/t6-/m0/s1. The highest BCUT2D eigenvalue weighted by Crippen LogP contribution is 2.38. The van der Waals surface area contributed by atoms with Crippen LogP contribution in [0.3, 0.4) is 0 Å². The normalized spacial score (nSPS) is 13.4. The van der Waals surface area contributed by atoms with E-state index in [1.165, 1.54) is 15.0 Å². The Hall–Kier alpha value is -0.380. The molecule has 2 aromatic rings. The topological polar surface area (TPSA) is 20.2 Å². The predicted molar refractivity (Wildman–Crippen MR) is 64.9 cm³/mol. The largest absolute Gasteiger partial charge is 0.389 e. The average Bonchev–Trinajstić information content (AvgIpc) is 2.43. The van der Waals surface area contributed by atoms with Crippen LogP contribution in [0.15, 0.2) is 22.7 Å². The summed E-state index contributed by atoms with van der Waals surface area (Å²) in [6.07, 6.45) is -0.399. The molecule has 1 heterocycles. The zero-order chi connectivity index (χ0) is 10.3. The second kappa shape index (κ2) is 3.65. The van der Waals surface area contributed by atoms with E-state index in [4.69, 9.17) is 0 Å². The second-order valence-electron chi connectivity index (χ2n) is 3.37. The van der Waals surface area contributed by atoms with Crippen LogP contribution in [-0.4, -0.2) is 5.11 Å². The smallest absolute Gasteiger partial charge is 0.0775 e. The van der Waals surface area contributed by atoms with Crippen LogP contribution in [0.4, 0.5) is 0 Å². The molecule has 1 aromatic carbocycles. The number of rotatable bonds is 1. The van der Waals surface area contributed by atoms with Crippen LogP contribution in [0, 0.1) is 6.92 Å². The third-order valence-electron chi connectivity index (χ3n) is 2.30. The lowest BCUT2D eigenvalue weighted by atomic mass is 10.1. The summed E-state index contributed by atoms with van der Waals surface area (Å²) < 4.78 is 2.34. The minimum Gasteiger partial charge on any atom is -0.389 e. The summed E-state index contributed by atoms with van der Waals surface area (Å²) in [5.41, 5.74) is 1.02. The Balaban J connectivity index is 2.81. The zero-order valence-corrected chi connectivity index (χ0v) is 10.4. The molecule has 14 heavy (non-hydrogen) atoms. The number of aliphatic hydroxyl groups excluding tert-OH is 1. The molecule has 0 unspecified atom stereocenters. The lowest BCUT2D eigenvalue weighted by Crippen LogP contribution is -1.89. The lowest BCUT2D eigenvalue weighted by Gasteiger charge is -2.05. The number of halogens is 1. The summed E-state index contributed by atoms with van der Waals surface area (Å²) in [6, 6.07) is 6.05. The van der Waals surface area contributed by atoms with Crippen LogP contribution in [0.5, 0.6) is 0 Å². The van der Waals surface area contributed by atoms with Gasteiger partial charge in [-0.3, -0.25) is 0 Å². The highest BCUT2D eigenvalue weighted by molar-refractivity contribution is 9.10. The lowest BCUT2D eigenvalue weighted by molar-refractivity contribution is 0.201. The van der Waals surface area contributed by atoms with E-state index in [-0.39, 0.29) is 0 Å². The maximum atomic E-state index is 9.61. The Bertz CT molecular complexity index is 473. The van der Waals surface area contributed by atoms with Gasteiger partial charge >= 0.3 is 0 Å². The van der Waals surface area contributed by atoms with Gasteiger partial charge in [0.05, 0.1) is 6.10 Å². The maximum Gasteiger partial charge on any atom is 0.0775 e. The van der Waals surface area contributed by atoms with Crippen molar-refractivity contribution in [1.29, 1.82) is 0 Å². The number of hydrogen-bond donors (Lipinski definition) is 1. The molecule has 0 saturated heterocycles. The molecule has 0 bridgehead atoms. The molecule has 74 valence electrons. The minimum absolute atomic E-state index is 0.399. The highest BCUT2D eigenvalue weighted by Gasteiger charge is 2.12. The van der Waals surface area contributed by atoms with Crippen molar-refractivity contribution in [1.82, 2.24) is 0 Å². The summed E-state index contributed by atoms with van der Waals surface area (Å²) in [5.74, 6) is 0. The monoisotopic (exact) mass is 270 g/mol. The van der Waals surface area contributed by atoms with Crippen LogP contribution < -0.4 is 0 Å². The Morgan fingerprint density at radius 3 is 2.79 bits per heavy atom. The third-order valence-corrected chi connectivity index (χ3v) is 4.75. The van der Waals surface area contributed by atoms with Gasteiger partial charge in [-0.1, -0.05) is 18.2 Å². The molecule has 0 fully saturated rings. The SMILES string of the molecule is Cc1sc2c([C@H](C)O)cccc2c1Br. The fraction of sp³-hybridized carbons (Fsp3) is 0.273. The van der Waals surface area contributed by atoms with Gasteiger partial charge in [-0.25, -0.2) is 0 Å². The molecule has 0 aliphatic heterocycles. The summed E-state index contributed by atoms with van der Waals surface area (Å²) >= 11 is 5.29. The molecule has 0 amide bonds. The van der Waals surface area contributed by atoms with Crippen molar-refractivity contribution in [2.75, 3.05) is 0 Å². The van der Waals surface area contributed by atoms with E-state index in [0.29, 0.717) is 0 Å². The summed E-state index contributed by atoms with van der Waals surface area (Å²) in [7, 11) is 0. The van der Waals surface area contributed by atoms with Gasteiger partial charge in [-0.2, -0.15) is 0 Å². The number of aryl methyl sites for hydroxylation is 1. The van der Waals surface area contributed by atoms with Crippen LogP contribution in [0.25, 0.3) is 10.1 Å². The van der Waals surface area contributed by atoms with Crippen molar-refractivity contribution in [3.05, 3.63) is 33.1 Å². The van der Waals surface area contributed by atoms with Crippen molar-refractivity contribution >= 4 is 37.4 Å². The molecule has 2 rings (SSSR count). The molecule has 1 nitrogen and oxygen atoms in total. The number of thiophene rings is 1. The van der Waals surface area contributed by atoms with E-state index in [1.54, 1.807) is 18.3 Å². The Kier molecular flexibility index (Phi) is 2.64. The quantitative estimate of drug-likeness (QED) is 0.830. The fourth-order valence-electron chi connectivity index (χ4n) is 1.56. The van der Waals surface area contributed by atoms with Crippen LogP contribution in [0.2, 0.25) is 0 Å². The first-order valence-electron chi connectivity index (χ1n) is 4.47. The van der Waals surface area contributed by atoms with Crippen molar-refractivity contribution in [2.24, 2.45) is 0 Å². The van der Waals surface area contributed by atoms with Crippen LogP contribution >= 0.6 is 27.3 Å². The Morgan fingerprint density at radius 1 is 1.43 bits per heavy atom. The molecule has 0 radical (unpaired) electrons. The summed E-state index contributed by atoms with van der Waals surface area (Å²) in [5, 5.41) is 10.8. The van der Waals surface area contributed by atoms with Gasteiger partial charge in [0.25, 0.3) is 0 Å². The van der Waals surface area contributed by atoms with Gasteiger partial charge in [0.2, 0.25) is 0 Å². The second-order valence-corrected chi connectivity index (χ2v) is 5.39.